The number of ether oxygens (including phenoxy) is 1. The van der Waals surface area contributed by atoms with Gasteiger partial charge in [-0.2, -0.15) is 0 Å². The van der Waals surface area contributed by atoms with Crippen molar-refractivity contribution in [2.24, 2.45) is 0 Å². The number of amides is 1. The van der Waals surface area contributed by atoms with Gasteiger partial charge in [-0.3, -0.25) is 4.79 Å². The molecule has 0 bridgehead atoms. The highest BCUT2D eigenvalue weighted by molar-refractivity contribution is 8.03. The van der Waals surface area contributed by atoms with E-state index in [0.29, 0.717) is 17.2 Å². The molecule has 1 N–H and O–H groups in total. The van der Waals surface area contributed by atoms with Crippen molar-refractivity contribution in [2.75, 3.05) is 24.4 Å². The van der Waals surface area contributed by atoms with Gasteiger partial charge in [0.1, 0.15) is 5.75 Å². The number of aromatic nitrogens is 2. The molecule has 0 saturated heterocycles. The van der Waals surface area contributed by atoms with Gasteiger partial charge in [0, 0.05) is 0 Å². The summed E-state index contributed by atoms with van der Waals surface area (Å²) in [5.41, 5.74) is 1.75. The van der Waals surface area contributed by atoms with Crippen LogP contribution in [0.3, 0.4) is 0 Å². The van der Waals surface area contributed by atoms with Gasteiger partial charge >= 0.3 is 0 Å². The number of hydrogen-bond donors (Lipinski definition) is 1. The molecule has 0 unspecified atom stereocenters. The molecule has 1 aromatic heterocycles. The molecule has 8 heteroatoms. The van der Waals surface area contributed by atoms with Crippen LogP contribution >= 0.6 is 34.9 Å². The van der Waals surface area contributed by atoms with Crippen LogP contribution < -0.4 is 10.1 Å². The minimum absolute atomic E-state index is 0.0928. The number of methoxy groups -OCH3 is 1. The van der Waals surface area contributed by atoms with E-state index in [1.54, 1.807) is 18.9 Å². The molecule has 2 rings (SSSR count). The molecule has 0 radical (unpaired) electrons. The van der Waals surface area contributed by atoms with Crippen LogP contribution in [0.5, 0.6) is 5.75 Å². The van der Waals surface area contributed by atoms with E-state index in [2.05, 4.69) is 15.5 Å². The Morgan fingerprint density at radius 3 is 2.81 bits per heavy atom. The highest BCUT2D eigenvalue weighted by atomic mass is 32.2. The van der Waals surface area contributed by atoms with Crippen LogP contribution in [0.2, 0.25) is 0 Å². The van der Waals surface area contributed by atoms with Crippen molar-refractivity contribution in [3.05, 3.63) is 23.8 Å². The Balaban J connectivity index is 1.94. The second kappa shape index (κ2) is 7.67. The molecule has 1 heterocycles. The van der Waals surface area contributed by atoms with Gasteiger partial charge in [0.15, 0.2) is 8.68 Å². The first-order valence-corrected chi connectivity index (χ1v) is 9.10. The molecule has 0 fully saturated rings. The average molecular weight is 341 g/mol. The monoisotopic (exact) mass is 341 g/mol. The molecular formula is C13H15N3O2S3. The van der Waals surface area contributed by atoms with Crippen LogP contribution in [0, 0.1) is 6.92 Å². The van der Waals surface area contributed by atoms with Crippen molar-refractivity contribution < 1.29 is 9.53 Å². The van der Waals surface area contributed by atoms with Gasteiger partial charge in [-0.05, 0) is 30.9 Å². The third-order valence-electron chi connectivity index (χ3n) is 2.52. The summed E-state index contributed by atoms with van der Waals surface area (Å²) >= 11 is 4.42. The van der Waals surface area contributed by atoms with Gasteiger partial charge < -0.3 is 10.1 Å². The molecule has 2 aromatic rings. The normalized spacial score (nSPS) is 10.4. The third-order valence-corrected chi connectivity index (χ3v) is 5.55. The summed E-state index contributed by atoms with van der Waals surface area (Å²) in [5, 5.41) is 10.9. The maximum atomic E-state index is 12.0. The molecule has 5 nitrogen and oxygen atoms in total. The molecule has 0 aliphatic heterocycles. The van der Waals surface area contributed by atoms with E-state index in [0.717, 1.165) is 14.2 Å². The molecule has 0 saturated carbocycles. The van der Waals surface area contributed by atoms with E-state index in [1.807, 2.05) is 31.4 Å². The minimum Gasteiger partial charge on any atom is -0.495 e. The summed E-state index contributed by atoms with van der Waals surface area (Å²) < 4.78 is 6.94. The van der Waals surface area contributed by atoms with Crippen molar-refractivity contribution in [1.29, 1.82) is 0 Å². The summed E-state index contributed by atoms with van der Waals surface area (Å²) in [5.74, 6) is 0.851. The minimum atomic E-state index is -0.0928. The quantitative estimate of drug-likeness (QED) is 0.813. The lowest BCUT2D eigenvalue weighted by atomic mass is 10.2. The number of nitrogens with zero attached hydrogens (tertiary/aromatic N) is 2. The number of carbonyl (C=O) groups excluding carboxylic acids is 1. The first-order valence-electron chi connectivity index (χ1n) is 6.07. The molecule has 21 heavy (non-hydrogen) atoms. The van der Waals surface area contributed by atoms with Gasteiger partial charge in [0.2, 0.25) is 5.91 Å². The molecule has 0 aliphatic carbocycles. The van der Waals surface area contributed by atoms with Crippen LogP contribution in [0.1, 0.15) is 5.56 Å². The number of carbonyl (C=O) groups is 1. The maximum Gasteiger partial charge on any atom is 0.234 e. The molecule has 0 aliphatic rings. The van der Waals surface area contributed by atoms with Crippen molar-refractivity contribution >= 4 is 46.5 Å². The van der Waals surface area contributed by atoms with Gasteiger partial charge in [-0.1, -0.05) is 40.9 Å². The average Bonchev–Trinajstić information content (AvgIpc) is 2.93. The van der Waals surface area contributed by atoms with Gasteiger partial charge in [0.05, 0.1) is 18.6 Å². The Labute approximate surface area is 135 Å². The largest absolute Gasteiger partial charge is 0.495 e. The van der Waals surface area contributed by atoms with Crippen molar-refractivity contribution in [1.82, 2.24) is 10.2 Å². The van der Waals surface area contributed by atoms with Crippen LogP contribution in [-0.4, -0.2) is 35.2 Å². The van der Waals surface area contributed by atoms with Crippen LogP contribution in [0.4, 0.5) is 5.69 Å². The lowest BCUT2D eigenvalue weighted by Crippen LogP contribution is -2.14. The summed E-state index contributed by atoms with van der Waals surface area (Å²) in [6, 6.07) is 5.67. The fourth-order valence-electron chi connectivity index (χ4n) is 1.57. The number of aryl methyl sites for hydroxylation is 1. The van der Waals surface area contributed by atoms with E-state index in [9.17, 15) is 4.79 Å². The van der Waals surface area contributed by atoms with Gasteiger partial charge in [-0.15, -0.1) is 10.2 Å². The number of anilines is 1. The van der Waals surface area contributed by atoms with Crippen LogP contribution in [-0.2, 0) is 4.79 Å². The van der Waals surface area contributed by atoms with Gasteiger partial charge in [0.25, 0.3) is 0 Å². The number of nitrogens with one attached hydrogen (secondary N) is 1. The van der Waals surface area contributed by atoms with Crippen LogP contribution in [0.25, 0.3) is 0 Å². The fourth-order valence-corrected chi connectivity index (χ4v) is 3.81. The molecule has 0 spiro atoms. The Morgan fingerprint density at radius 2 is 2.14 bits per heavy atom. The van der Waals surface area contributed by atoms with E-state index in [-0.39, 0.29) is 5.91 Å². The first kappa shape index (κ1) is 16.1. The third kappa shape index (κ3) is 4.62. The van der Waals surface area contributed by atoms with Crippen molar-refractivity contribution in [3.63, 3.8) is 0 Å². The molecule has 112 valence electrons. The number of benzene rings is 1. The number of rotatable bonds is 6. The standard InChI is InChI=1S/C13H15N3O2S3/c1-8-4-5-10(18-2)9(6-8)14-11(17)7-20-13-16-15-12(19-3)21-13/h4-6H,7H2,1-3H3,(H,14,17). The highest BCUT2D eigenvalue weighted by Gasteiger charge is 2.10. The number of hydrogen-bond acceptors (Lipinski definition) is 7. The summed E-state index contributed by atoms with van der Waals surface area (Å²) in [7, 11) is 1.58. The summed E-state index contributed by atoms with van der Waals surface area (Å²) in [6.07, 6.45) is 1.95. The lowest BCUT2D eigenvalue weighted by Gasteiger charge is -2.10. The second-order valence-electron chi connectivity index (χ2n) is 4.08. The zero-order valence-corrected chi connectivity index (χ0v) is 14.3. The maximum absolute atomic E-state index is 12.0. The molecular weight excluding hydrogens is 326 g/mol. The Morgan fingerprint density at radius 1 is 1.38 bits per heavy atom. The Kier molecular flexibility index (Phi) is 5.89. The second-order valence-corrected chi connectivity index (χ2v) is 7.33. The topological polar surface area (TPSA) is 64.1 Å². The first-order chi connectivity index (χ1) is 10.1. The zero-order chi connectivity index (χ0) is 15.2. The SMILES string of the molecule is COc1ccc(C)cc1NC(=O)CSc1nnc(SC)s1. The van der Waals surface area contributed by atoms with Gasteiger partial charge in [-0.25, -0.2) is 0 Å². The molecule has 0 atom stereocenters. The van der Waals surface area contributed by atoms with Crippen molar-refractivity contribution in [3.8, 4) is 5.75 Å². The predicted molar refractivity (Wildman–Crippen MR) is 88.8 cm³/mol. The molecule has 1 aromatic carbocycles. The van der Waals surface area contributed by atoms with E-state index in [1.165, 1.54) is 23.1 Å². The van der Waals surface area contributed by atoms with Crippen molar-refractivity contribution in [2.45, 2.75) is 15.6 Å². The lowest BCUT2D eigenvalue weighted by molar-refractivity contribution is -0.113. The zero-order valence-electron chi connectivity index (χ0n) is 11.9. The summed E-state index contributed by atoms with van der Waals surface area (Å²) in [6.45, 7) is 1.97. The van der Waals surface area contributed by atoms with E-state index in [4.69, 9.17) is 4.74 Å². The van der Waals surface area contributed by atoms with E-state index >= 15 is 0 Å². The fraction of sp³-hybridized carbons (Fsp3) is 0.308. The predicted octanol–water partition coefficient (Wildman–Crippen LogP) is 3.31. The summed E-state index contributed by atoms with van der Waals surface area (Å²) in [4.78, 5) is 12.0. The Bertz CT molecular complexity index is 631. The number of thioether (sulfide) groups is 2. The van der Waals surface area contributed by atoms with E-state index < -0.39 is 0 Å². The highest BCUT2D eigenvalue weighted by Crippen LogP contribution is 2.28. The molecule has 1 amide bonds. The smallest absolute Gasteiger partial charge is 0.234 e. The van der Waals surface area contributed by atoms with Crippen LogP contribution in [0.15, 0.2) is 26.9 Å². The Hall–Kier alpha value is -1.25.